The molecule has 0 aromatic heterocycles. The summed E-state index contributed by atoms with van der Waals surface area (Å²) in [7, 11) is 0. The van der Waals surface area contributed by atoms with Crippen LogP contribution >= 0.6 is 15.9 Å². The maximum atomic E-state index is 10.9. The molecule has 0 aliphatic rings. The van der Waals surface area contributed by atoms with Crippen molar-refractivity contribution in [3.8, 4) is 0 Å². The number of rotatable bonds is 7. The van der Waals surface area contributed by atoms with Gasteiger partial charge in [0, 0.05) is 4.47 Å². The van der Waals surface area contributed by atoms with E-state index in [9.17, 15) is 4.79 Å². The standard InChI is InChI=1S/C14H20BrNO2/c1-14(2,13(17)18)8-10-16-9-7-11-3-5-12(15)6-4-11/h3-6,16H,7-10H2,1-2H3,(H,17,18). The van der Waals surface area contributed by atoms with E-state index >= 15 is 0 Å². The van der Waals surface area contributed by atoms with Crippen molar-refractivity contribution in [2.24, 2.45) is 5.41 Å². The van der Waals surface area contributed by atoms with E-state index in [0.29, 0.717) is 6.42 Å². The van der Waals surface area contributed by atoms with Crippen LogP contribution in [0.3, 0.4) is 0 Å². The first-order valence-electron chi connectivity index (χ1n) is 6.10. The van der Waals surface area contributed by atoms with Crippen LogP contribution in [0.2, 0.25) is 0 Å². The van der Waals surface area contributed by atoms with Gasteiger partial charge in [0.05, 0.1) is 5.41 Å². The number of aliphatic carboxylic acids is 1. The molecule has 0 fully saturated rings. The largest absolute Gasteiger partial charge is 0.481 e. The summed E-state index contributed by atoms with van der Waals surface area (Å²) in [4.78, 5) is 10.9. The van der Waals surface area contributed by atoms with Crippen molar-refractivity contribution < 1.29 is 9.90 Å². The molecule has 18 heavy (non-hydrogen) atoms. The highest BCUT2D eigenvalue weighted by Gasteiger charge is 2.25. The summed E-state index contributed by atoms with van der Waals surface area (Å²) < 4.78 is 1.09. The van der Waals surface area contributed by atoms with Crippen LogP contribution in [0.4, 0.5) is 0 Å². The number of hydrogen-bond donors (Lipinski definition) is 2. The molecule has 0 saturated heterocycles. The Morgan fingerprint density at radius 2 is 1.89 bits per heavy atom. The van der Waals surface area contributed by atoms with Crippen LogP contribution < -0.4 is 5.32 Å². The van der Waals surface area contributed by atoms with Gasteiger partial charge in [0.1, 0.15) is 0 Å². The Labute approximate surface area is 117 Å². The van der Waals surface area contributed by atoms with E-state index in [1.807, 2.05) is 12.1 Å². The second-order valence-electron chi connectivity index (χ2n) is 5.07. The van der Waals surface area contributed by atoms with Crippen LogP contribution in [0.1, 0.15) is 25.8 Å². The van der Waals surface area contributed by atoms with Gasteiger partial charge in [-0.3, -0.25) is 4.79 Å². The van der Waals surface area contributed by atoms with Gasteiger partial charge in [-0.25, -0.2) is 0 Å². The molecule has 0 saturated carbocycles. The minimum Gasteiger partial charge on any atom is -0.481 e. The molecule has 2 N–H and O–H groups in total. The molecule has 0 aliphatic carbocycles. The molecule has 0 atom stereocenters. The van der Waals surface area contributed by atoms with Crippen molar-refractivity contribution in [1.29, 1.82) is 0 Å². The average molecular weight is 314 g/mol. The van der Waals surface area contributed by atoms with E-state index in [-0.39, 0.29) is 0 Å². The number of halogens is 1. The van der Waals surface area contributed by atoms with Crippen LogP contribution in [0.25, 0.3) is 0 Å². The monoisotopic (exact) mass is 313 g/mol. The molecule has 1 aromatic carbocycles. The zero-order valence-electron chi connectivity index (χ0n) is 10.9. The lowest BCUT2D eigenvalue weighted by molar-refractivity contribution is -0.147. The van der Waals surface area contributed by atoms with Crippen LogP contribution in [0, 0.1) is 5.41 Å². The Hall–Kier alpha value is -0.870. The average Bonchev–Trinajstić information content (AvgIpc) is 2.31. The van der Waals surface area contributed by atoms with Gasteiger partial charge in [0.25, 0.3) is 0 Å². The number of benzene rings is 1. The van der Waals surface area contributed by atoms with Gasteiger partial charge < -0.3 is 10.4 Å². The lowest BCUT2D eigenvalue weighted by Gasteiger charge is -2.18. The van der Waals surface area contributed by atoms with Gasteiger partial charge in [-0.05, 0) is 57.5 Å². The van der Waals surface area contributed by atoms with Crippen molar-refractivity contribution in [3.63, 3.8) is 0 Å². The van der Waals surface area contributed by atoms with Gasteiger partial charge in [-0.2, -0.15) is 0 Å². The van der Waals surface area contributed by atoms with E-state index in [1.165, 1.54) is 5.56 Å². The first kappa shape index (κ1) is 15.2. The van der Waals surface area contributed by atoms with Crippen LogP contribution in [0.15, 0.2) is 28.7 Å². The third kappa shape index (κ3) is 5.19. The number of carbonyl (C=O) groups is 1. The summed E-state index contributed by atoms with van der Waals surface area (Å²) in [5, 5.41) is 12.3. The lowest BCUT2D eigenvalue weighted by Crippen LogP contribution is -2.29. The zero-order valence-corrected chi connectivity index (χ0v) is 12.5. The highest BCUT2D eigenvalue weighted by molar-refractivity contribution is 9.10. The van der Waals surface area contributed by atoms with Crippen molar-refractivity contribution in [2.75, 3.05) is 13.1 Å². The normalized spacial score (nSPS) is 11.5. The maximum Gasteiger partial charge on any atom is 0.309 e. The van der Waals surface area contributed by atoms with Crippen molar-refractivity contribution in [2.45, 2.75) is 26.7 Å². The first-order valence-corrected chi connectivity index (χ1v) is 6.90. The fourth-order valence-corrected chi connectivity index (χ4v) is 1.78. The second-order valence-corrected chi connectivity index (χ2v) is 5.98. The summed E-state index contributed by atoms with van der Waals surface area (Å²) in [6.45, 7) is 5.12. The van der Waals surface area contributed by atoms with Gasteiger partial charge in [0.2, 0.25) is 0 Å². The molecular weight excluding hydrogens is 294 g/mol. The van der Waals surface area contributed by atoms with Gasteiger partial charge >= 0.3 is 5.97 Å². The van der Waals surface area contributed by atoms with Crippen LogP contribution in [0.5, 0.6) is 0 Å². The third-order valence-electron chi connectivity index (χ3n) is 3.01. The summed E-state index contributed by atoms with van der Waals surface area (Å²) >= 11 is 3.40. The number of carboxylic acids is 1. The van der Waals surface area contributed by atoms with Crippen molar-refractivity contribution in [1.82, 2.24) is 5.32 Å². The summed E-state index contributed by atoms with van der Waals surface area (Å²) in [5.74, 6) is -0.739. The number of carboxylic acid groups (broad SMARTS) is 1. The molecule has 1 rings (SSSR count). The summed E-state index contributed by atoms with van der Waals surface area (Å²) in [6, 6.07) is 8.24. The molecule has 3 nitrogen and oxygen atoms in total. The Bertz CT molecular complexity index is 387. The zero-order chi connectivity index (χ0) is 13.6. The predicted octanol–water partition coefficient (Wildman–Crippen LogP) is 3.08. The van der Waals surface area contributed by atoms with Gasteiger partial charge in [-0.1, -0.05) is 28.1 Å². The molecule has 0 spiro atoms. The third-order valence-corrected chi connectivity index (χ3v) is 3.54. The van der Waals surface area contributed by atoms with Crippen molar-refractivity contribution in [3.05, 3.63) is 34.3 Å². The maximum absolute atomic E-state index is 10.9. The topological polar surface area (TPSA) is 49.3 Å². The number of nitrogens with one attached hydrogen (secondary N) is 1. The molecule has 0 unspecified atom stereocenters. The summed E-state index contributed by atoms with van der Waals surface area (Å²) in [5.41, 5.74) is 0.633. The smallest absolute Gasteiger partial charge is 0.309 e. The Morgan fingerprint density at radius 3 is 2.44 bits per heavy atom. The van der Waals surface area contributed by atoms with Crippen molar-refractivity contribution >= 4 is 21.9 Å². The Balaban J connectivity index is 2.20. The quantitative estimate of drug-likeness (QED) is 0.761. The summed E-state index contributed by atoms with van der Waals surface area (Å²) in [6.07, 6.45) is 1.60. The van der Waals surface area contributed by atoms with Gasteiger partial charge in [-0.15, -0.1) is 0 Å². The molecule has 0 radical (unpaired) electrons. The molecule has 0 heterocycles. The Kier molecular flexibility index (Phi) is 5.82. The molecule has 0 amide bonds. The first-order chi connectivity index (χ1) is 8.42. The Morgan fingerprint density at radius 1 is 1.28 bits per heavy atom. The minimum absolute atomic E-state index is 0.642. The molecule has 1 aromatic rings. The fraction of sp³-hybridized carbons (Fsp3) is 0.500. The van der Waals surface area contributed by atoms with Gasteiger partial charge in [0.15, 0.2) is 0 Å². The van der Waals surface area contributed by atoms with Crippen LogP contribution in [-0.2, 0) is 11.2 Å². The SMILES string of the molecule is CC(C)(CCNCCc1ccc(Br)cc1)C(=O)O. The van der Waals surface area contributed by atoms with E-state index in [1.54, 1.807) is 13.8 Å². The van der Waals surface area contributed by atoms with Crippen LogP contribution in [-0.4, -0.2) is 24.2 Å². The molecule has 0 bridgehead atoms. The number of hydrogen-bond acceptors (Lipinski definition) is 2. The van der Waals surface area contributed by atoms with E-state index in [0.717, 1.165) is 24.0 Å². The molecule has 100 valence electrons. The molecule has 4 heteroatoms. The lowest BCUT2D eigenvalue weighted by atomic mass is 9.90. The van der Waals surface area contributed by atoms with E-state index in [4.69, 9.17) is 5.11 Å². The van der Waals surface area contributed by atoms with E-state index < -0.39 is 11.4 Å². The predicted molar refractivity (Wildman–Crippen MR) is 76.7 cm³/mol. The fourth-order valence-electron chi connectivity index (χ4n) is 1.52. The highest BCUT2D eigenvalue weighted by atomic mass is 79.9. The van der Waals surface area contributed by atoms with E-state index in [2.05, 4.69) is 33.4 Å². The molecule has 0 aliphatic heterocycles. The highest BCUT2D eigenvalue weighted by Crippen LogP contribution is 2.19. The second kappa shape index (κ2) is 6.90. The minimum atomic E-state index is -0.739. The molecular formula is C14H20BrNO2.